The van der Waals surface area contributed by atoms with E-state index in [1.807, 2.05) is 72.8 Å². The fraction of sp³-hybridized carbons (Fsp3) is 0.0323. The van der Waals surface area contributed by atoms with Gasteiger partial charge >= 0.3 is 0 Å². The first-order valence-electron chi connectivity index (χ1n) is 12.2. The Morgan fingerprint density at radius 1 is 0.868 bits per heavy atom. The first kappa shape index (κ1) is 23.1. The highest BCUT2D eigenvalue weighted by atomic mass is 16.1. The molecule has 0 unspecified atom stereocenters. The van der Waals surface area contributed by atoms with E-state index in [0.29, 0.717) is 28.3 Å². The average Bonchev–Trinajstić information content (AvgIpc) is 3.07. The van der Waals surface area contributed by atoms with E-state index >= 15 is 0 Å². The van der Waals surface area contributed by atoms with Gasteiger partial charge in [-0.05, 0) is 64.9 Å². The molecular formula is C31H24N6O. The summed E-state index contributed by atoms with van der Waals surface area (Å²) in [6.45, 7) is 0. The summed E-state index contributed by atoms with van der Waals surface area (Å²) in [6, 6.07) is 32.3. The van der Waals surface area contributed by atoms with Gasteiger partial charge in [-0.2, -0.15) is 0 Å². The van der Waals surface area contributed by atoms with Gasteiger partial charge in [0.25, 0.3) is 0 Å². The Labute approximate surface area is 219 Å². The number of carbonyl (C=O) groups excluding carboxylic acids is 1. The second-order valence-electron chi connectivity index (χ2n) is 9.01. The summed E-state index contributed by atoms with van der Waals surface area (Å²) < 4.78 is 0. The van der Waals surface area contributed by atoms with E-state index in [4.69, 9.17) is 10.8 Å². The molecule has 1 amide bonds. The monoisotopic (exact) mass is 496 g/mol. The Morgan fingerprint density at radius 2 is 1.63 bits per heavy atom. The molecule has 0 saturated carbocycles. The summed E-state index contributed by atoms with van der Waals surface area (Å²) in [5.74, 6) is 0.777. The third-order valence-corrected chi connectivity index (χ3v) is 6.58. The molecule has 0 saturated heterocycles. The highest BCUT2D eigenvalue weighted by Gasteiger charge is 2.28. The van der Waals surface area contributed by atoms with Gasteiger partial charge in [-0.3, -0.25) is 20.5 Å². The van der Waals surface area contributed by atoms with E-state index < -0.39 is 0 Å². The Morgan fingerprint density at radius 3 is 2.50 bits per heavy atom. The number of rotatable bonds is 4. The van der Waals surface area contributed by atoms with Crippen LogP contribution in [0.4, 0.5) is 22.9 Å². The van der Waals surface area contributed by atoms with Gasteiger partial charge in [0.05, 0.1) is 17.8 Å². The number of para-hydroxylation sites is 1. The molecule has 0 aliphatic carbocycles. The topological polar surface area (TPSA) is 105 Å². The Kier molecular flexibility index (Phi) is 5.86. The van der Waals surface area contributed by atoms with Gasteiger partial charge in [0.1, 0.15) is 11.7 Å². The van der Waals surface area contributed by atoms with Gasteiger partial charge in [-0.25, -0.2) is 4.98 Å². The Balaban J connectivity index is 1.23. The largest absolute Gasteiger partial charge is 0.338 e. The predicted molar refractivity (Wildman–Crippen MR) is 153 cm³/mol. The molecule has 1 aromatic heterocycles. The summed E-state index contributed by atoms with van der Waals surface area (Å²) in [5, 5.41) is 26.4. The minimum atomic E-state index is -0.110. The maximum atomic E-state index is 12.8. The lowest BCUT2D eigenvalue weighted by molar-refractivity contribution is -0.115. The zero-order valence-corrected chi connectivity index (χ0v) is 20.4. The molecule has 1 aliphatic heterocycles. The average molecular weight is 497 g/mol. The van der Waals surface area contributed by atoms with Crippen molar-refractivity contribution < 1.29 is 4.79 Å². The molecule has 4 aromatic carbocycles. The molecule has 0 spiro atoms. The minimum absolute atomic E-state index is 0.110. The molecule has 38 heavy (non-hydrogen) atoms. The zero-order valence-electron chi connectivity index (χ0n) is 20.4. The molecule has 0 radical (unpaired) electrons. The molecule has 0 fully saturated rings. The lowest BCUT2D eigenvalue weighted by Crippen LogP contribution is -2.36. The SMILES string of the molecule is N=C(c1ccc(NC(=O)Cc2cccc3ccccc23)cc1)N1C(=N)c2ccccc2Nc2ncccc21. The second kappa shape index (κ2) is 9.63. The van der Waals surface area contributed by atoms with E-state index in [2.05, 4.69) is 15.6 Å². The number of hydrogen-bond donors (Lipinski definition) is 4. The second-order valence-corrected chi connectivity index (χ2v) is 9.01. The first-order chi connectivity index (χ1) is 18.6. The molecule has 7 heteroatoms. The highest BCUT2D eigenvalue weighted by Crippen LogP contribution is 2.35. The number of hydrogen-bond acceptors (Lipinski definition) is 5. The summed E-state index contributed by atoms with van der Waals surface area (Å²) in [6.07, 6.45) is 1.95. The standard InChI is InChI=1S/C31H24N6O/c32-29(37-27-13-6-18-34-31(27)36-26-12-4-3-11-25(26)30(37)33)21-14-16-23(17-15-21)35-28(38)19-22-9-5-8-20-7-1-2-10-24(20)22/h1-18,32-33H,19H2,(H,34,36)(H,35,38). The van der Waals surface area contributed by atoms with Crippen molar-refractivity contribution >= 4 is 51.2 Å². The minimum Gasteiger partial charge on any atom is -0.338 e. The lowest BCUT2D eigenvalue weighted by Gasteiger charge is -2.25. The number of pyridine rings is 1. The molecule has 5 aromatic rings. The molecule has 6 rings (SSSR count). The van der Waals surface area contributed by atoms with Crippen molar-refractivity contribution in [3.8, 4) is 0 Å². The summed E-state index contributed by atoms with van der Waals surface area (Å²) >= 11 is 0. The van der Waals surface area contributed by atoms with Crippen LogP contribution in [0.15, 0.2) is 109 Å². The van der Waals surface area contributed by atoms with Gasteiger partial charge in [-0.15, -0.1) is 0 Å². The summed E-state index contributed by atoms with van der Waals surface area (Å²) in [4.78, 5) is 18.8. The maximum absolute atomic E-state index is 12.8. The van der Waals surface area contributed by atoms with Crippen LogP contribution in [0.5, 0.6) is 0 Å². The van der Waals surface area contributed by atoms with E-state index in [-0.39, 0.29) is 24.0 Å². The third-order valence-electron chi connectivity index (χ3n) is 6.58. The van der Waals surface area contributed by atoms with Gasteiger partial charge in [-0.1, -0.05) is 54.6 Å². The fourth-order valence-electron chi connectivity index (χ4n) is 4.74. The molecule has 0 atom stereocenters. The Hall–Kier alpha value is -5.30. The van der Waals surface area contributed by atoms with Gasteiger partial charge in [0, 0.05) is 23.0 Å². The lowest BCUT2D eigenvalue weighted by atomic mass is 10.0. The van der Waals surface area contributed by atoms with E-state index in [1.54, 1.807) is 41.4 Å². The number of aromatic nitrogens is 1. The normalized spacial score (nSPS) is 12.2. The number of amides is 1. The zero-order chi connectivity index (χ0) is 26.1. The van der Waals surface area contributed by atoms with E-state index in [1.165, 1.54) is 0 Å². The van der Waals surface area contributed by atoms with Gasteiger partial charge < -0.3 is 10.6 Å². The quantitative estimate of drug-likeness (QED) is 0.172. The molecule has 184 valence electrons. The maximum Gasteiger partial charge on any atom is 0.228 e. The van der Waals surface area contributed by atoms with Crippen LogP contribution in [0.25, 0.3) is 10.8 Å². The van der Waals surface area contributed by atoms with Gasteiger partial charge in [0.2, 0.25) is 5.91 Å². The van der Waals surface area contributed by atoms with Crippen molar-refractivity contribution in [1.82, 2.24) is 4.98 Å². The van der Waals surface area contributed by atoms with Crippen LogP contribution in [-0.4, -0.2) is 22.6 Å². The molecule has 4 N–H and O–H groups in total. The third kappa shape index (κ3) is 4.26. The molecule has 7 nitrogen and oxygen atoms in total. The van der Waals surface area contributed by atoms with Crippen molar-refractivity contribution in [3.63, 3.8) is 0 Å². The van der Waals surface area contributed by atoms with E-state index in [9.17, 15) is 4.79 Å². The van der Waals surface area contributed by atoms with Crippen LogP contribution in [0.3, 0.4) is 0 Å². The van der Waals surface area contributed by atoms with Crippen molar-refractivity contribution in [2.75, 3.05) is 15.5 Å². The van der Waals surface area contributed by atoms with Crippen molar-refractivity contribution in [2.24, 2.45) is 0 Å². The number of fused-ring (bicyclic) bond motifs is 3. The number of anilines is 4. The van der Waals surface area contributed by atoms with Crippen LogP contribution in [0.2, 0.25) is 0 Å². The number of nitrogens with zero attached hydrogens (tertiary/aromatic N) is 2. The number of carbonyl (C=O) groups is 1. The molecular weight excluding hydrogens is 472 g/mol. The highest BCUT2D eigenvalue weighted by molar-refractivity contribution is 6.30. The molecule has 1 aliphatic rings. The first-order valence-corrected chi connectivity index (χ1v) is 12.2. The van der Waals surface area contributed by atoms with Gasteiger partial charge in [0.15, 0.2) is 5.82 Å². The smallest absolute Gasteiger partial charge is 0.228 e. The van der Waals surface area contributed by atoms with Crippen LogP contribution in [0, 0.1) is 10.8 Å². The van der Waals surface area contributed by atoms with Crippen LogP contribution < -0.4 is 15.5 Å². The fourth-order valence-corrected chi connectivity index (χ4v) is 4.74. The predicted octanol–water partition coefficient (Wildman–Crippen LogP) is 6.33. The number of amidine groups is 2. The Bertz CT molecular complexity index is 1700. The summed E-state index contributed by atoms with van der Waals surface area (Å²) in [5.41, 5.74) is 4.28. The van der Waals surface area contributed by atoms with Crippen LogP contribution in [0.1, 0.15) is 16.7 Å². The van der Waals surface area contributed by atoms with Crippen molar-refractivity contribution in [1.29, 1.82) is 10.8 Å². The molecule has 2 heterocycles. The van der Waals surface area contributed by atoms with E-state index in [0.717, 1.165) is 22.0 Å². The van der Waals surface area contributed by atoms with Crippen LogP contribution >= 0.6 is 0 Å². The van der Waals surface area contributed by atoms with Crippen molar-refractivity contribution in [2.45, 2.75) is 6.42 Å². The number of nitrogens with one attached hydrogen (secondary N) is 4. The molecule has 0 bridgehead atoms. The number of benzene rings is 4. The van der Waals surface area contributed by atoms with Crippen molar-refractivity contribution in [3.05, 3.63) is 126 Å². The van der Waals surface area contributed by atoms with Crippen LogP contribution in [-0.2, 0) is 11.2 Å². The summed E-state index contributed by atoms with van der Waals surface area (Å²) in [7, 11) is 0.